The zero-order valence-corrected chi connectivity index (χ0v) is 17.2. The van der Waals surface area contributed by atoms with Crippen molar-refractivity contribution in [2.24, 2.45) is 0 Å². The van der Waals surface area contributed by atoms with E-state index < -0.39 is 0 Å². The molecule has 2 aliphatic rings. The molecule has 154 valence electrons. The fourth-order valence-corrected chi connectivity index (χ4v) is 1.66. The summed E-state index contributed by atoms with van der Waals surface area (Å²) < 4.78 is 24.7. The van der Waals surface area contributed by atoms with Crippen molar-refractivity contribution in [1.82, 2.24) is 0 Å². The Morgan fingerprint density at radius 2 is 1.14 bits per heavy atom. The molecule has 0 saturated heterocycles. The van der Waals surface area contributed by atoms with Gasteiger partial charge in [-0.2, -0.15) is 0 Å². The number of hydrogen-bond acceptors (Lipinski definition) is 5. The molecule has 0 radical (unpaired) electrons. The molecule has 0 aliphatic heterocycles. The van der Waals surface area contributed by atoms with Crippen molar-refractivity contribution in [3.8, 4) is 0 Å². The van der Waals surface area contributed by atoms with Crippen LogP contribution in [-0.2, 0) is 50.2 Å². The van der Waals surface area contributed by atoms with E-state index in [9.17, 15) is 9.59 Å². The molecule has 0 saturated carbocycles. The summed E-state index contributed by atoms with van der Waals surface area (Å²) >= 11 is 0. The number of allylic oxidation sites excluding steroid dienone is 6. The van der Waals surface area contributed by atoms with Crippen LogP contribution in [-0.4, -0.2) is 18.2 Å². The summed E-state index contributed by atoms with van der Waals surface area (Å²) in [5.41, 5.74) is 0. The first-order valence-corrected chi connectivity index (χ1v) is 7.90. The van der Waals surface area contributed by atoms with E-state index in [2.05, 4.69) is 13.3 Å². The van der Waals surface area contributed by atoms with Crippen LogP contribution in [0.3, 0.4) is 0 Å². The molecule has 0 aromatic rings. The van der Waals surface area contributed by atoms with Gasteiger partial charge in [0.25, 0.3) is 0 Å². The predicted octanol–water partition coefficient (Wildman–Crippen LogP) is 3.69. The summed E-state index contributed by atoms with van der Waals surface area (Å²) in [6.07, 6.45) is 16.3. The molecule has 0 amide bonds. The van der Waals surface area contributed by atoms with Crippen LogP contribution in [0.15, 0.2) is 48.0 Å². The topological polar surface area (TPSA) is 109 Å². The Morgan fingerprint density at radius 3 is 1.32 bits per heavy atom. The van der Waals surface area contributed by atoms with Gasteiger partial charge in [0.05, 0.1) is 0 Å². The molecule has 2 aliphatic carbocycles. The van der Waals surface area contributed by atoms with Gasteiger partial charge in [-0.05, 0) is 56.9 Å². The SMILES string of the molecule is CC(=O)OC1=CCCC=C1.CC(=O)OC1=CCCC=C1.CC=O.[C-]#[O+].[C-]#[O+].[Fe]. The second-order valence-corrected chi connectivity index (χ2v) is 4.60. The van der Waals surface area contributed by atoms with Crippen molar-refractivity contribution in [2.75, 3.05) is 0 Å². The molecular formula is C20H24FeO7. The van der Waals surface area contributed by atoms with Crippen LogP contribution < -0.4 is 0 Å². The molecule has 0 atom stereocenters. The summed E-state index contributed by atoms with van der Waals surface area (Å²) in [7, 11) is 0. The standard InChI is InChI=1S/2C8H10O2.C2H4O.2CO.Fe/c2*1-7(9)10-8-5-3-2-4-6-8;1-2-3;2*1-2;/h2*3,5-6H,2,4H2,1H3;2H,1H3;;;. The van der Waals surface area contributed by atoms with Crippen molar-refractivity contribution in [3.05, 3.63) is 61.3 Å². The molecule has 8 heteroatoms. The second kappa shape index (κ2) is 26.8. The largest absolute Gasteiger partial charge is 0 e. The molecule has 0 N–H and O–H groups in total. The van der Waals surface area contributed by atoms with Gasteiger partial charge >= 0.3 is 34.5 Å². The number of rotatable bonds is 2. The average Bonchev–Trinajstić information content (AvgIpc) is 2.67. The minimum Gasteiger partial charge on any atom is 0 e. The first kappa shape index (κ1) is 33.2. The van der Waals surface area contributed by atoms with Gasteiger partial charge in [0.2, 0.25) is 0 Å². The Hall–Kier alpha value is -2.43. The van der Waals surface area contributed by atoms with Crippen molar-refractivity contribution in [1.29, 1.82) is 0 Å². The van der Waals surface area contributed by atoms with E-state index in [0.29, 0.717) is 11.5 Å². The van der Waals surface area contributed by atoms with Crippen molar-refractivity contribution in [2.45, 2.75) is 46.5 Å². The molecule has 0 heterocycles. The van der Waals surface area contributed by atoms with E-state index in [1.54, 1.807) is 0 Å². The van der Waals surface area contributed by atoms with Gasteiger partial charge in [0.15, 0.2) is 0 Å². The second-order valence-electron chi connectivity index (χ2n) is 4.60. The fourth-order valence-electron chi connectivity index (χ4n) is 1.66. The Labute approximate surface area is 176 Å². The third kappa shape index (κ3) is 25.8. The van der Waals surface area contributed by atoms with Gasteiger partial charge in [-0.25, -0.2) is 0 Å². The Balaban J connectivity index is -0.000000152. The van der Waals surface area contributed by atoms with Gasteiger partial charge in [0, 0.05) is 30.9 Å². The number of ether oxygens (including phenoxy) is 2. The third-order valence-electron chi connectivity index (χ3n) is 2.45. The van der Waals surface area contributed by atoms with Crippen LogP contribution in [0.4, 0.5) is 0 Å². The van der Waals surface area contributed by atoms with E-state index in [1.807, 2.05) is 36.5 Å². The first-order valence-electron chi connectivity index (χ1n) is 7.90. The number of esters is 2. The minimum absolute atomic E-state index is 0. The number of hydrogen-bond donors (Lipinski definition) is 0. The zero-order chi connectivity index (χ0) is 21.5. The Bertz CT molecular complexity index is 546. The molecule has 0 aromatic heterocycles. The van der Waals surface area contributed by atoms with Crippen molar-refractivity contribution in [3.63, 3.8) is 0 Å². The first-order chi connectivity index (χ1) is 13.0. The molecular weight excluding hydrogens is 408 g/mol. The van der Waals surface area contributed by atoms with Crippen LogP contribution in [0.2, 0.25) is 0 Å². The van der Waals surface area contributed by atoms with Crippen molar-refractivity contribution >= 4 is 18.2 Å². The number of aldehydes is 1. The summed E-state index contributed by atoms with van der Waals surface area (Å²) in [6.45, 7) is 13.3. The molecule has 28 heavy (non-hydrogen) atoms. The maximum atomic E-state index is 10.4. The maximum Gasteiger partial charge on any atom is 0 e. The van der Waals surface area contributed by atoms with E-state index in [1.165, 1.54) is 20.8 Å². The minimum atomic E-state index is -0.252. The van der Waals surface area contributed by atoms with Crippen LogP contribution in [0.25, 0.3) is 0 Å². The number of carbonyl (C=O) groups is 3. The van der Waals surface area contributed by atoms with Gasteiger partial charge in [-0.15, -0.1) is 0 Å². The average molecular weight is 432 g/mol. The molecule has 0 fully saturated rings. The van der Waals surface area contributed by atoms with E-state index >= 15 is 0 Å². The third-order valence-corrected chi connectivity index (χ3v) is 2.45. The smallest absolute Gasteiger partial charge is 0 e. The Morgan fingerprint density at radius 1 is 0.857 bits per heavy atom. The van der Waals surface area contributed by atoms with E-state index in [0.717, 1.165) is 32.0 Å². The van der Waals surface area contributed by atoms with Crippen LogP contribution in [0.1, 0.15) is 46.5 Å². The zero-order valence-electron chi connectivity index (χ0n) is 16.1. The monoisotopic (exact) mass is 432 g/mol. The molecule has 2 rings (SSSR count). The summed E-state index contributed by atoms with van der Waals surface area (Å²) in [5, 5.41) is 0. The summed E-state index contributed by atoms with van der Waals surface area (Å²) in [6, 6.07) is 0. The normalized spacial score (nSPS) is 12.2. The van der Waals surface area contributed by atoms with Gasteiger partial charge in [-0.1, -0.05) is 12.2 Å². The quantitative estimate of drug-likeness (QED) is 0.217. The van der Waals surface area contributed by atoms with Gasteiger partial charge in [0.1, 0.15) is 17.8 Å². The van der Waals surface area contributed by atoms with Crippen LogP contribution in [0.5, 0.6) is 0 Å². The van der Waals surface area contributed by atoms with Crippen molar-refractivity contribution < 1.29 is 50.2 Å². The number of carbonyl (C=O) groups excluding carboxylic acids is 3. The van der Waals surface area contributed by atoms with Gasteiger partial charge in [-0.3, -0.25) is 9.59 Å². The van der Waals surface area contributed by atoms with E-state index in [4.69, 9.17) is 23.6 Å². The summed E-state index contributed by atoms with van der Waals surface area (Å²) in [4.78, 5) is 29.6. The van der Waals surface area contributed by atoms with Crippen LogP contribution in [0, 0.1) is 13.3 Å². The van der Waals surface area contributed by atoms with Gasteiger partial charge < -0.3 is 14.3 Å². The molecule has 0 aromatic carbocycles. The van der Waals surface area contributed by atoms with Crippen LogP contribution >= 0.6 is 0 Å². The maximum absolute atomic E-state index is 10.4. The van der Waals surface area contributed by atoms with E-state index in [-0.39, 0.29) is 29.0 Å². The molecule has 0 bridgehead atoms. The fraction of sp³-hybridized carbons (Fsp3) is 0.350. The molecule has 0 unspecified atom stereocenters. The molecule has 7 nitrogen and oxygen atoms in total. The summed E-state index contributed by atoms with van der Waals surface area (Å²) in [5.74, 6) is 0.855. The Kier molecular flexibility index (Phi) is 31.7. The molecule has 0 spiro atoms. The predicted molar refractivity (Wildman–Crippen MR) is 96.0 cm³/mol.